The second-order valence-corrected chi connectivity index (χ2v) is 6.07. The molecule has 110 valence electrons. The molecular weight excluding hydrogens is 256 g/mol. The van der Waals surface area contributed by atoms with Crippen LogP contribution in [0, 0.1) is 6.92 Å². The van der Waals surface area contributed by atoms with Crippen LogP contribution in [0.15, 0.2) is 11.4 Å². The van der Waals surface area contributed by atoms with Gasteiger partial charge in [0.15, 0.2) is 0 Å². The van der Waals surface area contributed by atoms with Crippen LogP contribution in [0.3, 0.4) is 0 Å². The normalized spacial score (nSPS) is 16.6. The van der Waals surface area contributed by atoms with Crippen molar-refractivity contribution in [2.24, 2.45) is 5.73 Å². The highest BCUT2D eigenvalue weighted by atomic mass is 32.1. The number of hydrogen-bond donors (Lipinski definition) is 1. The van der Waals surface area contributed by atoms with Gasteiger partial charge < -0.3 is 10.5 Å². The molecule has 0 amide bonds. The first kappa shape index (κ1) is 16.6. The summed E-state index contributed by atoms with van der Waals surface area (Å²) in [5.41, 5.74) is 7.76. The van der Waals surface area contributed by atoms with E-state index in [9.17, 15) is 0 Å². The molecule has 0 saturated carbocycles. The molecule has 3 atom stereocenters. The average molecular weight is 284 g/mol. The summed E-state index contributed by atoms with van der Waals surface area (Å²) in [4.78, 5) is 3.87. The molecule has 2 N–H and O–H groups in total. The summed E-state index contributed by atoms with van der Waals surface area (Å²) >= 11 is 1.82. The summed E-state index contributed by atoms with van der Waals surface area (Å²) < 4.78 is 5.32. The van der Waals surface area contributed by atoms with Gasteiger partial charge in [-0.15, -0.1) is 11.3 Å². The minimum Gasteiger partial charge on any atom is -0.383 e. The van der Waals surface area contributed by atoms with Crippen LogP contribution in [0.25, 0.3) is 0 Å². The van der Waals surface area contributed by atoms with Crippen molar-refractivity contribution in [1.82, 2.24) is 4.90 Å². The zero-order valence-corrected chi connectivity index (χ0v) is 13.7. The van der Waals surface area contributed by atoms with Crippen molar-refractivity contribution >= 4 is 11.3 Å². The topological polar surface area (TPSA) is 38.5 Å². The van der Waals surface area contributed by atoms with E-state index < -0.39 is 0 Å². The van der Waals surface area contributed by atoms with Gasteiger partial charge in [0, 0.05) is 24.1 Å². The third-order valence-corrected chi connectivity index (χ3v) is 4.83. The van der Waals surface area contributed by atoms with Crippen LogP contribution >= 0.6 is 11.3 Å². The summed E-state index contributed by atoms with van der Waals surface area (Å²) in [6.45, 7) is 10.5. The molecule has 19 heavy (non-hydrogen) atoms. The number of methoxy groups -OCH3 is 1. The summed E-state index contributed by atoms with van der Waals surface area (Å²) in [6.07, 6.45) is 0.984. The van der Waals surface area contributed by atoms with Crippen LogP contribution in [0.5, 0.6) is 0 Å². The molecule has 0 spiro atoms. The van der Waals surface area contributed by atoms with Gasteiger partial charge in [0.05, 0.1) is 12.6 Å². The van der Waals surface area contributed by atoms with Crippen molar-refractivity contribution in [2.45, 2.75) is 52.2 Å². The minimum absolute atomic E-state index is 0.164. The molecule has 0 fully saturated rings. The second-order valence-electron chi connectivity index (χ2n) is 5.12. The molecule has 0 radical (unpaired) electrons. The van der Waals surface area contributed by atoms with Gasteiger partial charge in [0.1, 0.15) is 0 Å². The quantitative estimate of drug-likeness (QED) is 0.797. The number of nitrogens with zero attached hydrogens (tertiary/aromatic N) is 1. The Balaban J connectivity index is 3.05. The Labute approximate surface area is 121 Å². The molecule has 3 nitrogen and oxygen atoms in total. The van der Waals surface area contributed by atoms with Gasteiger partial charge in [0.25, 0.3) is 0 Å². The van der Waals surface area contributed by atoms with Crippen LogP contribution in [0.1, 0.15) is 43.7 Å². The Bertz CT molecular complexity index is 367. The SMILES string of the molecule is CCC(N)C(c1sccc1C)N(CC)C(C)COC. The lowest BCUT2D eigenvalue weighted by Gasteiger charge is -2.38. The van der Waals surface area contributed by atoms with Crippen molar-refractivity contribution in [2.75, 3.05) is 20.3 Å². The highest BCUT2D eigenvalue weighted by Crippen LogP contribution is 2.33. The Morgan fingerprint density at radius 2 is 2.11 bits per heavy atom. The van der Waals surface area contributed by atoms with Crippen LogP contribution in [-0.4, -0.2) is 37.2 Å². The summed E-state index contributed by atoms with van der Waals surface area (Å²) in [5, 5.41) is 2.16. The van der Waals surface area contributed by atoms with E-state index >= 15 is 0 Å². The summed E-state index contributed by atoms with van der Waals surface area (Å²) in [7, 11) is 1.76. The first-order chi connectivity index (χ1) is 9.06. The number of thiophene rings is 1. The Morgan fingerprint density at radius 3 is 2.53 bits per heavy atom. The minimum atomic E-state index is 0.164. The van der Waals surface area contributed by atoms with Crippen molar-refractivity contribution in [3.8, 4) is 0 Å². The monoisotopic (exact) mass is 284 g/mol. The van der Waals surface area contributed by atoms with Crippen LogP contribution < -0.4 is 5.73 Å². The highest BCUT2D eigenvalue weighted by molar-refractivity contribution is 7.10. The molecule has 3 unspecified atom stereocenters. The maximum Gasteiger partial charge on any atom is 0.0615 e. The van der Waals surface area contributed by atoms with Gasteiger partial charge in [-0.3, -0.25) is 4.90 Å². The number of rotatable bonds is 8. The molecule has 4 heteroatoms. The molecule has 1 aromatic rings. The van der Waals surface area contributed by atoms with Gasteiger partial charge in [0.2, 0.25) is 0 Å². The van der Waals surface area contributed by atoms with Gasteiger partial charge >= 0.3 is 0 Å². The molecule has 0 saturated heterocycles. The number of aryl methyl sites for hydroxylation is 1. The van der Waals surface area contributed by atoms with E-state index in [1.54, 1.807) is 7.11 Å². The number of ether oxygens (including phenoxy) is 1. The van der Waals surface area contributed by atoms with Crippen molar-refractivity contribution in [3.05, 3.63) is 21.9 Å². The maximum atomic E-state index is 6.41. The summed E-state index contributed by atoms with van der Waals surface area (Å²) in [6, 6.07) is 3.01. The van der Waals surface area contributed by atoms with Crippen molar-refractivity contribution < 1.29 is 4.74 Å². The standard InChI is InChI=1S/C15H28N2OS/c1-6-13(16)14(15-11(3)8-9-19-15)17(7-2)12(4)10-18-5/h8-9,12-14H,6-7,10,16H2,1-5H3. The third-order valence-electron chi connectivity index (χ3n) is 3.74. The fourth-order valence-electron chi connectivity index (χ4n) is 2.62. The van der Waals surface area contributed by atoms with Crippen LogP contribution in [0.4, 0.5) is 0 Å². The predicted molar refractivity (Wildman–Crippen MR) is 83.8 cm³/mol. The second kappa shape index (κ2) is 8.00. The fraction of sp³-hybridized carbons (Fsp3) is 0.733. The Morgan fingerprint density at radius 1 is 1.42 bits per heavy atom. The van der Waals surface area contributed by atoms with E-state index in [0.717, 1.165) is 19.6 Å². The number of nitrogens with two attached hydrogens (primary N) is 1. The molecule has 0 aliphatic rings. The molecule has 0 aliphatic heterocycles. The van der Waals surface area contributed by atoms with E-state index in [0.29, 0.717) is 12.1 Å². The lowest BCUT2D eigenvalue weighted by atomic mass is 9.99. The molecule has 0 aromatic carbocycles. The van der Waals surface area contributed by atoms with Gasteiger partial charge in [-0.25, -0.2) is 0 Å². The van der Waals surface area contributed by atoms with E-state index in [4.69, 9.17) is 10.5 Å². The van der Waals surface area contributed by atoms with Gasteiger partial charge in [-0.1, -0.05) is 13.8 Å². The highest BCUT2D eigenvalue weighted by Gasteiger charge is 2.30. The van der Waals surface area contributed by atoms with E-state index in [-0.39, 0.29) is 6.04 Å². The fourth-order valence-corrected chi connectivity index (χ4v) is 3.74. The smallest absolute Gasteiger partial charge is 0.0615 e. The lowest BCUT2D eigenvalue weighted by Crippen LogP contribution is -2.46. The van der Waals surface area contributed by atoms with Crippen molar-refractivity contribution in [1.29, 1.82) is 0 Å². The van der Waals surface area contributed by atoms with Gasteiger partial charge in [-0.05, 0) is 43.8 Å². The van der Waals surface area contributed by atoms with Crippen LogP contribution in [0.2, 0.25) is 0 Å². The molecule has 1 aromatic heterocycles. The van der Waals surface area contributed by atoms with Crippen molar-refractivity contribution in [3.63, 3.8) is 0 Å². The third kappa shape index (κ3) is 4.02. The zero-order valence-electron chi connectivity index (χ0n) is 12.8. The zero-order chi connectivity index (χ0) is 14.4. The first-order valence-electron chi connectivity index (χ1n) is 7.10. The van der Waals surface area contributed by atoms with E-state index in [1.165, 1.54) is 10.4 Å². The number of likely N-dealkylation sites (N-methyl/N-ethyl adjacent to an activating group) is 1. The number of hydrogen-bond acceptors (Lipinski definition) is 4. The maximum absolute atomic E-state index is 6.41. The molecule has 1 heterocycles. The average Bonchev–Trinajstić information content (AvgIpc) is 2.81. The van der Waals surface area contributed by atoms with Crippen LogP contribution in [-0.2, 0) is 4.74 Å². The first-order valence-corrected chi connectivity index (χ1v) is 7.98. The lowest BCUT2D eigenvalue weighted by molar-refractivity contribution is 0.0639. The molecule has 1 rings (SSSR count). The Kier molecular flexibility index (Phi) is 7.00. The van der Waals surface area contributed by atoms with E-state index in [1.807, 2.05) is 11.3 Å². The predicted octanol–water partition coefficient (Wildman–Crippen LogP) is 3.19. The van der Waals surface area contributed by atoms with Gasteiger partial charge in [-0.2, -0.15) is 0 Å². The largest absolute Gasteiger partial charge is 0.383 e. The molecule has 0 aliphatic carbocycles. The van der Waals surface area contributed by atoms with E-state index in [2.05, 4.69) is 44.0 Å². The molecular formula is C15H28N2OS. The summed E-state index contributed by atoms with van der Waals surface area (Å²) in [5.74, 6) is 0. The molecule has 0 bridgehead atoms. The Hall–Kier alpha value is -0.420.